The monoisotopic (exact) mass is 465 g/mol. The summed E-state index contributed by atoms with van der Waals surface area (Å²) in [5.41, 5.74) is -0.865. The number of likely N-dealkylation sites (tertiary alicyclic amines) is 1. The fourth-order valence-electron chi connectivity index (χ4n) is 5.69. The molecule has 2 heterocycles. The molecule has 2 aliphatic heterocycles. The van der Waals surface area contributed by atoms with Crippen LogP contribution in [0, 0.1) is 11.8 Å². The number of hydrogen-bond acceptors (Lipinski definition) is 3. The largest absolute Gasteiger partial charge is 0.416 e. The average Bonchev–Trinajstić information content (AvgIpc) is 3.37. The Hall–Kier alpha value is -2.09. The van der Waals surface area contributed by atoms with Crippen LogP contribution < -0.4 is 5.32 Å². The maximum Gasteiger partial charge on any atom is 0.416 e. The van der Waals surface area contributed by atoms with Gasteiger partial charge in [-0.05, 0) is 42.9 Å². The van der Waals surface area contributed by atoms with Crippen LogP contribution in [0.4, 0.5) is 13.2 Å². The highest BCUT2D eigenvalue weighted by Gasteiger charge is 2.52. The second-order valence-electron chi connectivity index (χ2n) is 10.3. The number of carbonyl (C=O) groups excluding carboxylic acids is 2. The molecular weight excluding hydrogens is 431 g/mol. The average molecular weight is 466 g/mol. The highest BCUT2D eigenvalue weighted by atomic mass is 19.4. The third-order valence-corrected chi connectivity index (χ3v) is 7.43. The second-order valence-corrected chi connectivity index (χ2v) is 10.3. The van der Waals surface area contributed by atoms with Gasteiger partial charge >= 0.3 is 6.18 Å². The molecule has 33 heavy (non-hydrogen) atoms. The molecule has 0 bridgehead atoms. The number of hydrogen-bond donors (Lipinski definition) is 1. The van der Waals surface area contributed by atoms with Crippen LogP contribution in [0.25, 0.3) is 0 Å². The number of nitrogens with zero attached hydrogens (tertiary/aromatic N) is 2. The minimum atomic E-state index is -4.42. The van der Waals surface area contributed by atoms with E-state index in [0.29, 0.717) is 43.8 Å². The lowest BCUT2D eigenvalue weighted by Gasteiger charge is -2.45. The van der Waals surface area contributed by atoms with Crippen molar-refractivity contribution in [3.05, 3.63) is 35.4 Å². The van der Waals surface area contributed by atoms with E-state index >= 15 is 0 Å². The van der Waals surface area contributed by atoms with Crippen molar-refractivity contribution in [3.8, 4) is 0 Å². The first-order valence-electron chi connectivity index (χ1n) is 12.1. The number of carbonyl (C=O) groups is 2. The van der Waals surface area contributed by atoms with Crippen LogP contribution in [-0.2, 0) is 22.3 Å². The predicted molar refractivity (Wildman–Crippen MR) is 119 cm³/mol. The highest BCUT2D eigenvalue weighted by molar-refractivity contribution is 5.85. The zero-order valence-electron chi connectivity index (χ0n) is 19.5. The van der Waals surface area contributed by atoms with Crippen molar-refractivity contribution in [2.75, 3.05) is 13.1 Å². The molecule has 5 nitrogen and oxygen atoms in total. The number of amides is 2. The Morgan fingerprint density at radius 1 is 1.18 bits per heavy atom. The van der Waals surface area contributed by atoms with Gasteiger partial charge in [0, 0.05) is 38.4 Å². The first-order valence-corrected chi connectivity index (χ1v) is 12.1. The summed E-state index contributed by atoms with van der Waals surface area (Å²) in [5, 5.41) is 3.55. The topological polar surface area (TPSA) is 52.7 Å². The standard InChI is InChI=1S/C25H34F3N3O2/c1-17(2)14-21-23(33)31(16-18-6-5-9-20(15-18)25(26,27)28)24(29-21)10-12-30(13-11-24)22(32)19-7-3-4-8-19/h5-6,9,15,17,19,21,29H,3-4,7-8,10-14,16H2,1-2H3/t21-/m1/s1. The smallest absolute Gasteiger partial charge is 0.342 e. The van der Waals surface area contributed by atoms with E-state index in [4.69, 9.17) is 0 Å². The maximum absolute atomic E-state index is 13.4. The van der Waals surface area contributed by atoms with E-state index in [0.717, 1.165) is 37.8 Å². The van der Waals surface area contributed by atoms with E-state index in [1.165, 1.54) is 6.07 Å². The predicted octanol–water partition coefficient (Wildman–Crippen LogP) is 4.56. The Labute approximate surface area is 193 Å². The van der Waals surface area contributed by atoms with Crippen molar-refractivity contribution in [1.82, 2.24) is 15.1 Å². The van der Waals surface area contributed by atoms with Crippen LogP contribution in [0.5, 0.6) is 0 Å². The number of alkyl halides is 3. The third-order valence-electron chi connectivity index (χ3n) is 7.43. The molecule has 1 saturated carbocycles. The first kappa shape index (κ1) is 24.0. The lowest BCUT2D eigenvalue weighted by Crippen LogP contribution is -2.59. The molecule has 3 aliphatic rings. The zero-order valence-corrected chi connectivity index (χ0v) is 19.5. The van der Waals surface area contributed by atoms with Crippen molar-refractivity contribution in [3.63, 3.8) is 0 Å². The summed E-state index contributed by atoms with van der Waals surface area (Å²) in [6.45, 7) is 5.35. The van der Waals surface area contributed by atoms with Crippen LogP contribution in [0.3, 0.4) is 0 Å². The normalized spacial score (nSPS) is 23.8. The Morgan fingerprint density at radius 2 is 1.85 bits per heavy atom. The van der Waals surface area contributed by atoms with Crippen molar-refractivity contribution >= 4 is 11.8 Å². The summed E-state index contributed by atoms with van der Waals surface area (Å²) in [6.07, 6.45) is 1.54. The van der Waals surface area contributed by atoms with Gasteiger partial charge in [-0.1, -0.05) is 38.8 Å². The summed E-state index contributed by atoms with van der Waals surface area (Å²) >= 11 is 0. The van der Waals surface area contributed by atoms with Crippen molar-refractivity contribution in [2.45, 2.75) is 83.2 Å². The zero-order chi connectivity index (χ0) is 23.8. The second kappa shape index (κ2) is 9.28. The van der Waals surface area contributed by atoms with Crippen LogP contribution in [0.15, 0.2) is 24.3 Å². The molecule has 0 radical (unpaired) electrons. The molecule has 2 saturated heterocycles. The van der Waals surface area contributed by atoms with Gasteiger partial charge in [0.05, 0.1) is 17.3 Å². The fraction of sp³-hybridized carbons (Fsp3) is 0.680. The molecule has 1 spiro atoms. The van der Waals surface area contributed by atoms with Gasteiger partial charge in [-0.15, -0.1) is 0 Å². The number of nitrogens with one attached hydrogen (secondary N) is 1. The molecule has 1 atom stereocenters. The summed E-state index contributed by atoms with van der Waals surface area (Å²) in [7, 11) is 0. The van der Waals surface area contributed by atoms with E-state index in [2.05, 4.69) is 19.2 Å². The molecule has 1 aromatic rings. The molecule has 1 aliphatic carbocycles. The van der Waals surface area contributed by atoms with Gasteiger partial charge in [0.1, 0.15) is 0 Å². The van der Waals surface area contributed by atoms with Gasteiger partial charge in [0.2, 0.25) is 11.8 Å². The molecule has 3 fully saturated rings. The summed E-state index contributed by atoms with van der Waals surface area (Å²) in [6, 6.07) is 4.87. The summed E-state index contributed by atoms with van der Waals surface area (Å²) < 4.78 is 39.7. The number of piperidine rings is 1. The van der Waals surface area contributed by atoms with Gasteiger partial charge in [-0.3, -0.25) is 14.9 Å². The van der Waals surface area contributed by atoms with E-state index < -0.39 is 17.4 Å². The minimum Gasteiger partial charge on any atom is -0.342 e. The SMILES string of the molecule is CC(C)C[C@H]1NC2(CCN(C(=O)C3CCCC3)CC2)N(Cc2cccc(C(F)(F)F)c2)C1=O. The summed E-state index contributed by atoms with van der Waals surface area (Å²) in [5.74, 6) is 0.583. The van der Waals surface area contributed by atoms with Crippen LogP contribution in [-0.4, -0.2) is 46.4 Å². The third kappa shape index (κ3) is 5.05. The van der Waals surface area contributed by atoms with Gasteiger partial charge in [0.25, 0.3) is 0 Å². The number of benzene rings is 1. The van der Waals surface area contributed by atoms with Crippen LogP contribution in [0.1, 0.15) is 69.9 Å². The number of rotatable bonds is 5. The summed E-state index contributed by atoms with van der Waals surface area (Å²) in [4.78, 5) is 30.0. The van der Waals surface area contributed by atoms with Gasteiger partial charge in [-0.2, -0.15) is 13.2 Å². The van der Waals surface area contributed by atoms with Crippen LogP contribution in [0.2, 0.25) is 0 Å². The lowest BCUT2D eigenvalue weighted by atomic mass is 9.93. The van der Waals surface area contributed by atoms with E-state index in [1.807, 2.05) is 4.90 Å². The molecule has 1 aromatic carbocycles. The minimum absolute atomic E-state index is 0.0586. The molecular formula is C25H34F3N3O2. The molecule has 2 amide bonds. The van der Waals surface area contributed by atoms with Gasteiger partial charge < -0.3 is 9.80 Å². The van der Waals surface area contributed by atoms with Gasteiger partial charge in [0.15, 0.2) is 0 Å². The van der Waals surface area contributed by atoms with Crippen molar-refractivity contribution in [2.24, 2.45) is 11.8 Å². The van der Waals surface area contributed by atoms with E-state index in [1.54, 1.807) is 11.0 Å². The maximum atomic E-state index is 13.4. The highest BCUT2D eigenvalue weighted by Crippen LogP contribution is 2.37. The lowest BCUT2D eigenvalue weighted by molar-refractivity contribution is -0.140. The first-order chi connectivity index (χ1) is 15.6. The Bertz CT molecular complexity index is 872. The Morgan fingerprint density at radius 3 is 2.45 bits per heavy atom. The van der Waals surface area contributed by atoms with Gasteiger partial charge in [-0.25, -0.2) is 0 Å². The Kier molecular flexibility index (Phi) is 6.76. The fourth-order valence-corrected chi connectivity index (χ4v) is 5.69. The molecule has 8 heteroatoms. The van der Waals surface area contributed by atoms with E-state index in [9.17, 15) is 22.8 Å². The quantitative estimate of drug-likeness (QED) is 0.694. The van der Waals surface area contributed by atoms with Crippen molar-refractivity contribution < 1.29 is 22.8 Å². The Balaban J connectivity index is 1.53. The molecule has 4 rings (SSSR count). The molecule has 0 aromatic heterocycles. The van der Waals surface area contributed by atoms with Crippen molar-refractivity contribution in [1.29, 1.82) is 0 Å². The van der Waals surface area contributed by atoms with Crippen LogP contribution >= 0.6 is 0 Å². The molecule has 1 N–H and O–H groups in total. The van der Waals surface area contributed by atoms with E-state index in [-0.39, 0.29) is 30.3 Å². The number of halogens is 3. The molecule has 0 unspecified atom stereocenters. The molecule has 182 valence electrons.